The molecule has 1 heterocycles. The summed E-state index contributed by atoms with van der Waals surface area (Å²) in [6, 6.07) is 25.8. The van der Waals surface area contributed by atoms with Gasteiger partial charge in [0, 0.05) is 48.2 Å². The Balaban J connectivity index is 1.65. The molecule has 1 aromatic heterocycles. The number of benzene rings is 3. The number of anilines is 2. The molecule has 0 saturated carbocycles. The van der Waals surface area contributed by atoms with E-state index >= 15 is 0 Å². The quantitative estimate of drug-likeness (QED) is 0.168. The zero-order valence-electron chi connectivity index (χ0n) is 27.0. The Hall–Kier alpha value is -5.16. The second kappa shape index (κ2) is 14.1. The molecular formula is C40H43N5. The average Bonchev–Trinajstić information content (AvgIpc) is 3.25. The van der Waals surface area contributed by atoms with Gasteiger partial charge in [-0.25, -0.2) is 9.97 Å². The highest BCUT2D eigenvalue weighted by Crippen LogP contribution is 2.35. The van der Waals surface area contributed by atoms with Crippen molar-refractivity contribution < 1.29 is 0 Å². The lowest BCUT2D eigenvalue weighted by Gasteiger charge is -2.16. The van der Waals surface area contributed by atoms with Gasteiger partial charge in [0.25, 0.3) is 0 Å². The molecule has 45 heavy (non-hydrogen) atoms. The average molecular weight is 594 g/mol. The van der Waals surface area contributed by atoms with Gasteiger partial charge < -0.3 is 16.4 Å². The maximum Gasteiger partial charge on any atom is 0.136 e. The fraction of sp³-hybridized carbons (Fsp3) is 0.200. The molecule has 5 heteroatoms. The first-order chi connectivity index (χ1) is 21.8. The van der Waals surface area contributed by atoms with E-state index in [0.717, 1.165) is 69.3 Å². The number of allylic oxidation sites excluding steroid dienone is 8. The Bertz CT molecular complexity index is 1840. The molecule has 0 spiro atoms. The van der Waals surface area contributed by atoms with Gasteiger partial charge in [0.1, 0.15) is 5.82 Å². The molecule has 1 aliphatic carbocycles. The van der Waals surface area contributed by atoms with Gasteiger partial charge in [-0.05, 0) is 104 Å². The van der Waals surface area contributed by atoms with Crippen LogP contribution in [-0.4, -0.2) is 24.1 Å². The second-order valence-corrected chi connectivity index (χ2v) is 11.6. The molecule has 3 aromatic carbocycles. The van der Waals surface area contributed by atoms with Crippen LogP contribution >= 0.6 is 0 Å². The Morgan fingerprint density at radius 3 is 2.20 bits per heavy atom. The second-order valence-electron chi connectivity index (χ2n) is 11.6. The number of hydrogen-bond acceptors (Lipinski definition) is 5. The van der Waals surface area contributed by atoms with Crippen molar-refractivity contribution in [3.05, 3.63) is 138 Å². The topological polar surface area (TPSA) is 75.9 Å². The minimum absolute atomic E-state index is 0.0968. The molecule has 5 nitrogen and oxygen atoms in total. The molecule has 0 saturated heterocycles. The van der Waals surface area contributed by atoms with Gasteiger partial charge in [-0.3, -0.25) is 0 Å². The third kappa shape index (κ3) is 7.50. The minimum Gasteiger partial charge on any atom is -0.399 e. The molecule has 228 valence electrons. The van der Waals surface area contributed by atoms with E-state index in [1.807, 2.05) is 39.2 Å². The molecule has 0 radical (unpaired) electrons. The van der Waals surface area contributed by atoms with Crippen molar-refractivity contribution in [1.29, 1.82) is 0 Å². The first-order valence-corrected chi connectivity index (χ1v) is 15.5. The molecule has 5 rings (SSSR count). The third-order valence-electron chi connectivity index (χ3n) is 8.23. The van der Waals surface area contributed by atoms with Crippen molar-refractivity contribution in [2.24, 2.45) is 5.73 Å². The van der Waals surface area contributed by atoms with Gasteiger partial charge in [0.15, 0.2) is 0 Å². The van der Waals surface area contributed by atoms with Gasteiger partial charge in [0.2, 0.25) is 0 Å². The fourth-order valence-corrected chi connectivity index (χ4v) is 5.74. The molecule has 1 unspecified atom stereocenters. The molecule has 0 amide bonds. The van der Waals surface area contributed by atoms with Crippen molar-refractivity contribution in [2.75, 3.05) is 24.7 Å². The molecule has 1 aliphatic rings. The van der Waals surface area contributed by atoms with Crippen molar-refractivity contribution in [3.63, 3.8) is 0 Å². The summed E-state index contributed by atoms with van der Waals surface area (Å²) in [5, 5.41) is 6.61. The summed E-state index contributed by atoms with van der Waals surface area (Å²) in [5.41, 5.74) is 19.7. The van der Waals surface area contributed by atoms with Crippen LogP contribution in [0.25, 0.3) is 39.1 Å². The predicted octanol–water partition coefficient (Wildman–Crippen LogP) is 9.76. The fourth-order valence-electron chi connectivity index (χ4n) is 5.74. The van der Waals surface area contributed by atoms with Crippen LogP contribution in [0.1, 0.15) is 51.0 Å². The van der Waals surface area contributed by atoms with E-state index < -0.39 is 0 Å². The third-order valence-corrected chi connectivity index (χ3v) is 8.23. The molecular weight excluding hydrogens is 550 g/mol. The van der Waals surface area contributed by atoms with Crippen LogP contribution in [0.3, 0.4) is 0 Å². The van der Waals surface area contributed by atoms with E-state index in [0.29, 0.717) is 5.70 Å². The van der Waals surface area contributed by atoms with Crippen LogP contribution in [0.5, 0.6) is 0 Å². The van der Waals surface area contributed by atoms with Crippen LogP contribution in [0.15, 0.2) is 127 Å². The van der Waals surface area contributed by atoms with Gasteiger partial charge in [0.05, 0.1) is 11.4 Å². The summed E-state index contributed by atoms with van der Waals surface area (Å²) in [6.45, 7) is 10.4. The standard InChI is InChI=1S/C40H43N5/c1-7-28(21-35(41)8-2)38-25-39(45-40(44-38)32-16-15-26(3)17-27(4)18-32)34-20-33(23-37(24-34)43-6)30-12-9-11-29(19-30)31-13-10-14-36(22-31)42-5/h7-14,17-25,32,42-43H,1,15-16,41H2,2-6H3/b28-21+,35-8+. The van der Waals surface area contributed by atoms with Crippen LogP contribution in [0.4, 0.5) is 11.4 Å². The van der Waals surface area contributed by atoms with E-state index in [2.05, 4.69) is 116 Å². The largest absolute Gasteiger partial charge is 0.399 e. The van der Waals surface area contributed by atoms with Gasteiger partial charge >= 0.3 is 0 Å². The van der Waals surface area contributed by atoms with E-state index in [1.165, 1.54) is 16.7 Å². The highest BCUT2D eigenvalue weighted by molar-refractivity contribution is 5.82. The molecule has 1 atom stereocenters. The van der Waals surface area contributed by atoms with Gasteiger partial charge in [-0.1, -0.05) is 72.4 Å². The Kier molecular flexibility index (Phi) is 9.79. The Morgan fingerprint density at radius 1 is 0.844 bits per heavy atom. The highest BCUT2D eigenvalue weighted by atomic mass is 14.9. The van der Waals surface area contributed by atoms with Crippen LogP contribution in [0.2, 0.25) is 0 Å². The number of rotatable bonds is 9. The van der Waals surface area contributed by atoms with Crippen molar-refractivity contribution >= 4 is 16.9 Å². The van der Waals surface area contributed by atoms with E-state index in [1.54, 1.807) is 0 Å². The van der Waals surface area contributed by atoms with Crippen LogP contribution in [0, 0.1) is 0 Å². The molecule has 0 fully saturated rings. The van der Waals surface area contributed by atoms with Crippen molar-refractivity contribution in [2.45, 2.75) is 39.5 Å². The van der Waals surface area contributed by atoms with Crippen molar-refractivity contribution in [3.8, 4) is 33.5 Å². The number of nitrogens with zero attached hydrogens (tertiary/aromatic N) is 2. The first-order valence-electron chi connectivity index (χ1n) is 15.5. The van der Waals surface area contributed by atoms with Crippen LogP contribution < -0.4 is 16.4 Å². The SMILES string of the molecule is C=C/C(=C\C(N)=C/C)c1cc(-c2cc(NC)cc(-c3cccc(-c4cccc(NC)c4)c3)c2)nc(C2C=C(C)C=C(C)CC2)n1. The highest BCUT2D eigenvalue weighted by Gasteiger charge is 2.19. The smallest absolute Gasteiger partial charge is 0.136 e. The monoisotopic (exact) mass is 593 g/mol. The lowest BCUT2D eigenvalue weighted by atomic mass is 9.95. The normalized spacial score (nSPS) is 15.5. The molecule has 0 bridgehead atoms. The molecule has 4 aromatic rings. The maximum atomic E-state index is 6.23. The van der Waals surface area contributed by atoms with Crippen LogP contribution in [-0.2, 0) is 0 Å². The van der Waals surface area contributed by atoms with E-state index in [4.69, 9.17) is 15.7 Å². The number of hydrogen-bond donors (Lipinski definition) is 3. The van der Waals surface area contributed by atoms with Gasteiger partial charge in [-0.2, -0.15) is 0 Å². The lowest BCUT2D eigenvalue weighted by molar-refractivity contribution is 0.690. The number of nitrogens with one attached hydrogen (secondary N) is 2. The van der Waals surface area contributed by atoms with E-state index in [-0.39, 0.29) is 5.92 Å². The summed E-state index contributed by atoms with van der Waals surface area (Å²) in [5.74, 6) is 0.902. The first kappa shape index (κ1) is 31.3. The van der Waals surface area contributed by atoms with Crippen molar-refractivity contribution in [1.82, 2.24) is 9.97 Å². The number of aromatic nitrogens is 2. The minimum atomic E-state index is 0.0968. The number of nitrogens with two attached hydrogens (primary N) is 1. The summed E-state index contributed by atoms with van der Waals surface area (Å²) in [6.07, 6.45) is 12.1. The summed E-state index contributed by atoms with van der Waals surface area (Å²) < 4.78 is 0. The van der Waals surface area contributed by atoms with Gasteiger partial charge in [-0.15, -0.1) is 0 Å². The zero-order valence-corrected chi connectivity index (χ0v) is 27.0. The summed E-state index contributed by atoms with van der Waals surface area (Å²) >= 11 is 0. The summed E-state index contributed by atoms with van der Waals surface area (Å²) in [4.78, 5) is 10.3. The Morgan fingerprint density at radius 2 is 1.49 bits per heavy atom. The predicted molar refractivity (Wildman–Crippen MR) is 193 cm³/mol. The zero-order chi connectivity index (χ0) is 31.9. The van der Waals surface area contributed by atoms with E-state index in [9.17, 15) is 0 Å². The lowest BCUT2D eigenvalue weighted by Crippen LogP contribution is -2.07. The molecule has 4 N–H and O–H groups in total. The molecule has 0 aliphatic heterocycles. The maximum absolute atomic E-state index is 6.23. The Labute approximate surface area is 268 Å². The summed E-state index contributed by atoms with van der Waals surface area (Å²) in [7, 11) is 3.89.